The number of hydrogen-bond donors (Lipinski definition) is 3. The smallest absolute Gasteiger partial charge is 0.248 e. The number of rotatable bonds is 6. The molecule has 1 atom stereocenters. The van der Waals surface area contributed by atoms with E-state index in [9.17, 15) is 4.79 Å². The van der Waals surface area contributed by atoms with E-state index < -0.39 is 0 Å². The fourth-order valence-corrected chi connectivity index (χ4v) is 5.22. The van der Waals surface area contributed by atoms with Gasteiger partial charge in [0.2, 0.25) is 11.9 Å². The van der Waals surface area contributed by atoms with E-state index in [0.717, 1.165) is 62.4 Å². The van der Waals surface area contributed by atoms with E-state index in [0.29, 0.717) is 17.0 Å². The van der Waals surface area contributed by atoms with Crippen LogP contribution in [0, 0.1) is 0 Å². The number of fused-ring (bicyclic) bond motifs is 1. The summed E-state index contributed by atoms with van der Waals surface area (Å²) >= 11 is 1.42. The number of thiazole rings is 1. The second kappa shape index (κ2) is 8.16. The third kappa shape index (κ3) is 3.83. The van der Waals surface area contributed by atoms with Gasteiger partial charge in [0.15, 0.2) is 10.9 Å². The molecule has 0 bridgehead atoms. The Bertz CT molecular complexity index is 1120. The number of nitrogens with one attached hydrogen (secondary N) is 3. The van der Waals surface area contributed by atoms with E-state index in [1.165, 1.54) is 35.4 Å². The van der Waals surface area contributed by atoms with Gasteiger partial charge in [-0.3, -0.25) is 9.89 Å². The van der Waals surface area contributed by atoms with Crippen molar-refractivity contribution < 1.29 is 4.79 Å². The van der Waals surface area contributed by atoms with Gasteiger partial charge in [0.05, 0.1) is 5.69 Å². The first-order valence-corrected chi connectivity index (χ1v) is 12.3. The molecule has 2 fully saturated rings. The summed E-state index contributed by atoms with van der Waals surface area (Å²) in [5, 5.41) is 16.5. The number of aromatic nitrogens is 5. The van der Waals surface area contributed by atoms with Gasteiger partial charge in [-0.25, -0.2) is 9.97 Å². The molecular weight excluding hydrogens is 424 g/mol. The molecule has 6 rings (SSSR count). The van der Waals surface area contributed by atoms with Crippen LogP contribution in [0.4, 0.5) is 22.7 Å². The second-order valence-corrected chi connectivity index (χ2v) is 9.68. The van der Waals surface area contributed by atoms with Crippen molar-refractivity contribution in [3.8, 4) is 0 Å². The molecule has 9 nitrogen and oxygen atoms in total. The number of nitrogens with zero attached hydrogens (tertiary/aromatic N) is 5. The van der Waals surface area contributed by atoms with E-state index in [2.05, 4.69) is 31.9 Å². The molecule has 1 aliphatic heterocycles. The summed E-state index contributed by atoms with van der Waals surface area (Å²) in [6, 6.07) is 1.80. The van der Waals surface area contributed by atoms with Crippen molar-refractivity contribution in [2.45, 2.75) is 63.3 Å². The Kier molecular flexibility index (Phi) is 5.01. The molecule has 0 unspecified atom stereocenters. The fraction of sp³-hybridized carbons (Fsp3) is 0.500. The van der Waals surface area contributed by atoms with E-state index in [4.69, 9.17) is 9.97 Å². The van der Waals surface area contributed by atoms with Crippen LogP contribution in [0.5, 0.6) is 0 Å². The lowest BCUT2D eigenvalue weighted by atomic mass is 9.96. The number of H-pyrrole nitrogens is 1. The summed E-state index contributed by atoms with van der Waals surface area (Å²) in [6.07, 6.45) is 10.0. The van der Waals surface area contributed by atoms with Gasteiger partial charge in [-0.15, -0.1) is 11.3 Å². The van der Waals surface area contributed by atoms with Crippen LogP contribution in [-0.2, 0) is 17.6 Å². The van der Waals surface area contributed by atoms with Gasteiger partial charge < -0.3 is 15.5 Å². The third-order valence-corrected chi connectivity index (χ3v) is 7.20. The molecule has 1 saturated heterocycles. The number of carbonyl (C=O) groups is 1. The standard InChI is InChI=1S/C22H26N8OS/c31-20(27-22-23-9-11-32-22)17-6-3-10-30(17)21-24-15-5-2-1-4-14(15)19(26-21)25-18-12-16(28-29-18)13-7-8-13/h9,11-13,17H,1-8,10H2,(H,23,27,31)(H2,24,25,26,28,29)/t17-/m0/s1. The largest absolute Gasteiger partial charge is 0.329 e. The summed E-state index contributed by atoms with van der Waals surface area (Å²) in [7, 11) is 0. The van der Waals surface area contributed by atoms with Crippen molar-refractivity contribution in [3.05, 3.63) is 34.6 Å². The van der Waals surface area contributed by atoms with Crippen molar-refractivity contribution in [1.82, 2.24) is 25.1 Å². The average Bonchev–Trinajstić information content (AvgIpc) is 3.20. The minimum atomic E-state index is -0.291. The molecule has 3 aliphatic rings. The average molecular weight is 451 g/mol. The number of hydrogen-bond acceptors (Lipinski definition) is 8. The monoisotopic (exact) mass is 450 g/mol. The van der Waals surface area contributed by atoms with E-state index in [1.54, 1.807) is 6.20 Å². The van der Waals surface area contributed by atoms with Crippen LogP contribution < -0.4 is 15.5 Å². The minimum absolute atomic E-state index is 0.0466. The molecule has 0 radical (unpaired) electrons. The first kappa shape index (κ1) is 19.7. The molecule has 1 amide bonds. The Balaban J connectivity index is 1.29. The Morgan fingerprint density at radius 1 is 1.16 bits per heavy atom. The number of aryl methyl sites for hydroxylation is 1. The molecule has 3 N–H and O–H groups in total. The highest BCUT2D eigenvalue weighted by Gasteiger charge is 2.34. The topological polar surface area (TPSA) is 112 Å². The maximum absolute atomic E-state index is 13.0. The van der Waals surface area contributed by atoms with Crippen molar-refractivity contribution in [2.24, 2.45) is 0 Å². The third-order valence-electron chi connectivity index (χ3n) is 6.51. The fourth-order valence-electron chi connectivity index (χ4n) is 4.69. The van der Waals surface area contributed by atoms with Crippen molar-refractivity contribution in [3.63, 3.8) is 0 Å². The summed E-state index contributed by atoms with van der Waals surface area (Å²) in [6.45, 7) is 0.766. The molecule has 0 spiro atoms. The Labute approximate surface area is 190 Å². The van der Waals surface area contributed by atoms with Gasteiger partial charge >= 0.3 is 0 Å². The van der Waals surface area contributed by atoms with Crippen LogP contribution >= 0.6 is 11.3 Å². The molecule has 0 aromatic carbocycles. The first-order chi connectivity index (χ1) is 15.7. The predicted octanol–water partition coefficient (Wildman–Crippen LogP) is 3.76. The number of anilines is 4. The van der Waals surface area contributed by atoms with Crippen LogP contribution in [0.25, 0.3) is 0 Å². The van der Waals surface area contributed by atoms with Crippen LogP contribution in [0.2, 0.25) is 0 Å². The number of carbonyl (C=O) groups excluding carboxylic acids is 1. The molecule has 3 aromatic rings. The summed E-state index contributed by atoms with van der Waals surface area (Å²) in [5.41, 5.74) is 3.46. The summed E-state index contributed by atoms with van der Waals surface area (Å²) < 4.78 is 0. The van der Waals surface area contributed by atoms with Gasteiger partial charge in [0.25, 0.3) is 0 Å². The summed E-state index contributed by atoms with van der Waals surface area (Å²) in [5.74, 6) is 2.82. The van der Waals surface area contributed by atoms with Gasteiger partial charge in [0.1, 0.15) is 11.9 Å². The lowest BCUT2D eigenvalue weighted by Crippen LogP contribution is -2.41. The SMILES string of the molecule is O=C(Nc1nccs1)[C@@H]1CCCN1c1nc2c(c(Nc3cc(C4CC4)[nH]n3)n1)CCCC2. The van der Waals surface area contributed by atoms with Crippen LogP contribution in [-0.4, -0.2) is 43.6 Å². The maximum Gasteiger partial charge on any atom is 0.248 e. The van der Waals surface area contributed by atoms with E-state index in [-0.39, 0.29) is 11.9 Å². The van der Waals surface area contributed by atoms with E-state index in [1.807, 2.05) is 10.3 Å². The normalized spacial score (nSPS) is 20.2. The maximum atomic E-state index is 13.0. The lowest BCUT2D eigenvalue weighted by molar-refractivity contribution is -0.117. The van der Waals surface area contributed by atoms with Crippen LogP contribution in [0.1, 0.15) is 61.4 Å². The van der Waals surface area contributed by atoms with Gasteiger partial charge in [-0.05, 0) is 51.4 Å². The molecule has 32 heavy (non-hydrogen) atoms. The zero-order valence-electron chi connectivity index (χ0n) is 17.8. The van der Waals surface area contributed by atoms with Crippen molar-refractivity contribution in [2.75, 3.05) is 22.1 Å². The number of aromatic amines is 1. The highest BCUT2D eigenvalue weighted by Crippen LogP contribution is 2.40. The second-order valence-electron chi connectivity index (χ2n) is 8.79. The van der Waals surface area contributed by atoms with Gasteiger partial charge in [0, 0.05) is 41.4 Å². The summed E-state index contributed by atoms with van der Waals surface area (Å²) in [4.78, 5) is 29.0. The van der Waals surface area contributed by atoms with Gasteiger partial charge in [-0.2, -0.15) is 10.1 Å². The minimum Gasteiger partial charge on any atom is -0.329 e. The Morgan fingerprint density at radius 2 is 2.06 bits per heavy atom. The molecule has 3 aromatic heterocycles. The highest BCUT2D eigenvalue weighted by molar-refractivity contribution is 7.13. The van der Waals surface area contributed by atoms with Gasteiger partial charge in [-0.1, -0.05) is 0 Å². The first-order valence-electron chi connectivity index (χ1n) is 11.4. The van der Waals surface area contributed by atoms with Crippen LogP contribution in [0.15, 0.2) is 17.6 Å². The number of amides is 1. The Morgan fingerprint density at radius 3 is 2.91 bits per heavy atom. The van der Waals surface area contributed by atoms with Crippen molar-refractivity contribution in [1.29, 1.82) is 0 Å². The Hall–Kier alpha value is -3.01. The molecule has 2 aliphatic carbocycles. The molecule has 166 valence electrons. The molecule has 10 heteroatoms. The molecule has 1 saturated carbocycles. The van der Waals surface area contributed by atoms with E-state index >= 15 is 0 Å². The lowest BCUT2D eigenvalue weighted by Gasteiger charge is -2.26. The zero-order chi connectivity index (χ0) is 21.5. The zero-order valence-corrected chi connectivity index (χ0v) is 18.6. The quantitative estimate of drug-likeness (QED) is 0.524. The van der Waals surface area contributed by atoms with Crippen LogP contribution in [0.3, 0.4) is 0 Å². The highest BCUT2D eigenvalue weighted by atomic mass is 32.1. The predicted molar refractivity (Wildman–Crippen MR) is 124 cm³/mol. The molecular formula is C22H26N8OS. The molecule has 4 heterocycles. The van der Waals surface area contributed by atoms with Crippen molar-refractivity contribution >= 4 is 40.0 Å².